The van der Waals surface area contributed by atoms with Gasteiger partial charge in [0.1, 0.15) is 0 Å². The molecule has 0 spiro atoms. The Bertz CT molecular complexity index is 1410. The zero-order valence-electron chi connectivity index (χ0n) is 26.3. The molecule has 2 fully saturated rings. The lowest BCUT2D eigenvalue weighted by Gasteiger charge is -2.38. The maximum atomic E-state index is 12.3. The average molecular weight is 617 g/mol. The van der Waals surface area contributed by atoms with Crippen molar-refractivity contribution >= 4 is 11.9 Å². The van der Waals surface area contributed by atoms with Crippen molar-refractivity contribution in [2.75, 3.05) is 26.8 Å². The fourth-order valence-electron chi connectivity index (χ4n) is 6.14. The van der Waals surface area contributed by atoms with Gasteiger partial charge in [0.05, 0.1) is 25.4 Å². The number of amides is 1. The predicted molar refractivity (Wildman–Crippen MR) is 170 cm³/mol. The Balaban J connectivity index is 1.29. The number of esters is 1. The van der Waals surface area contributed by atoms with Crippen molar-refractivity contribution in [3.8, 4) is 11.1 Å². The number of likely N-dealkylation sites (tertiary alicyclic amines) is 1. The summed E-state index contributed by atoms with van der Waals surface area (Å²) in [6.07, 6.45) is 1.52. The summed E-state index contributed by atoms with van der Waals surface area (Å²) in [5, 5.41) is 12.3. The van der Waals surface area contributed by atoms with Gasteiger partial charge in [0.15, 0.2) is 12.4 Å². The van der Waals surface area contributed by atoms with E-state index in [1.807, 2.05) is 60.7 Å². The Morgan fingerprint density at radius 2 is 1.76 bits per heavy atom. The van der Waals surface area contributed by atoms with Gasteiger partial charge < -0.3 is 29.4 Å². The van der Waals surface area contributed by atoms with Crippen molar-refractivity contribution in [2.45, 2.75) is 76.9 Å². The number of carbonyl (C=O) groups is 2. The summed E-state index contributed by atoms with van der Waals surface area (Å²) in [4.78, 5) is 25.9. The summed E-state index contributed by atoms with van der Waals surface area (Å²) < 4.78 is 23.6. The Labute approximate surface area is 265 Å². The molecule has 2 heterocycles. The average Bonchev–Trinajstić information content (AvgIpc) is 3.49. The Morgan fingerprint density at radius 3 is 2.47 bits per heavy atom. The van der Waals surface area contributed by atoms with Gasteiger partial charge in [-0.3, -0.25) is 14.5 Å². The van der Waals surface area contributed by atoms with Gasteiger partial charge in [-0.2, -0.15) is 0 Å². The van der Waals surface area contributed by atoms with Crippen molar-refractivity contribution in [3.05, 3.63) is 95.1 Å². The molecular formula is C36H44N2O7. The van der Waals surface area contributed by atoms with Crippen molar-refractivity contribution < 1.29 is 33.6 Å². The quantitative estimate of drug-likeness (QED) is 0.272. The fraction of sp³-hybridized carbons (Fsp3) is 0.444. The van der Waals surface area contributed by atoms with E-state index in [-0.39, 0.29) is 24.7 Å². The van der Waals surface area contributed by atoms with Crippen LogP contribution in [-0.2, 0) is 41.7 Å². The zero-order valence-corrected chi connectivity index (χ0v) is 26.3. The Hall–Kier alpha value is -3.60. The van der Waals surface area contributed by atoms with E-state index >= 15 is 0 Å². The maximum absolute atomic E-state index is 12.3. The minimum Gasteiger partial charge on any atom is -0.453 e. The van der Waals surface area contributed by atoms with Crippen LogP contribution in [0.25, 0.3) is 11.1 Å². The summed E-state index contributed by atoms with van der Waals surface area (Å²) in [5.41, 5.74) is 5.87. The largest absolute Gasteiger partial charge is 0.453 e. The molecule has 2 aliphatic heterocycles. The first-order chi connectivity index (χ1) is 21.8. The zero-order chi connectivity index (χ0) is 31.8. The lowest BCUT2D eigenvalue weighted by molar-refractivity contribution is -0.253. The third-order valence-electron chi connectivity index (χ3n) is 8.53. The molecule has 0 saturated carbocycles. The second-order valence-corrected chi connectivity index (χ2v) is 11.9. The van der Waals surface area contributed by atoms with Gasteiger partial charge in [-0.15, -0.1) is 0 Å². The molecule has 0 aromatic heterocycles. The third kappa shape index (κ3) is 8.77. The molecule has 0 radical (unpaired) electrons. The van der Waals surface area contributed by atoms with E-state index in [0.717, 1.165) is 72.3 Å². The number of benzene rings is 3. The van der Waals surface area contributed by atoms with E-state index in [1.165, 1.54) is 6.92 Å². The topological polar surface area (TPSA) is 107 Å². The number of aliphatic hydroxyl groups is 1. The molecule has 0 unspecified atom stereocenters. The number of nitrogens with one attached hydrogen (secondary N) is 1. The predicted octanol–water partition coefficient (Wildman–Crippen LogP) is 5.07. The van der Waals surface area contributed by atoms with E-state index in [1.54, 1.807) is 14.0 Å². The fourth-order valence-corrected chi connectivity index (χ4v) is 6.14. The van der Waals surface area contributed by atoms with Gasteiger partial charge in [-0.05, 0) is 60.2 Å². The number of hydrogen-bond acceptors (Lipinski definition) is 8. The van der Waals surface area contributed by atoms with Gasteiger partial charge in [0.25, 0.3) is 5.91 Å². The van der Waals surface area contributed by atoms with Gasteiger partial charge in [0.2, 0.25) is 0 Å². The van der Waals surface area contributed by atoms with Crippen LogP contribution in [0.5, 0.6) is 0 Å². The first kappa shape index (κ1) is 32.8. The van der Waals surface area contributed by atoms with Crippen LogP contribution in [0.15, 0.2) is 72.8 Å². The molecule has 2 N–H and O–H groups in total. The van der Waals surface area contributed by atoms with Gasteiger partial charge in [-0.25, -0.2) is 0 Å². The van der Waals surface area contributed by atoms with E-state index in [4.69, 9.17) is 18.9 Å². The number of rotatable bonds is 12. The monoisotopic (exact) mass is 616 g/mol. The summed E-state index contributed by atoms with van der Waals surface area (Å²) in [6.45, 7) is 5.75. The smallest absolute Gasteiger partial charge is 0.303 e. The van der Waals surface area contributed by atoms with E-state index in [0.29, 0.717) is 12.6 Å². The summed E-state index contributed by atoms with van der Waals surface area (Å²) in [6, 6.07) is 24.6. The van der Waals surface area contributed by atoms with Crippen LogP contribution < -0.4 is 5.32 Å². The summed E-state index contributed by atoms with van der Waals surface area (Å²) in [5.74, 6) is -0.829. The number of ether oxygens (including phenoxy) is 4. The third-order valence-corrected chi connectivity index (χ3v) is 8.53. The van der Waals surface area contributed by atoms with Gasteiger partial charge in [-0.1, -0.05) is 66.7 Å². The van der Waals surface area contributed by atoms with Crippen molar-refractivity contribution in [3.63, 3.8) is 0 Å². The molecule has 45 heavy (non-hydrogen) atoms. The molecular weight excluding hydrogens is 572 g/mol. The highest BCUT2D eigenvalue weighted by molar-refractivity contribution is 5.82. The minimum absolute atomic E-state index is 0.00912. The molecule has 2 aliphatic rings. The molecule has 5 atom stereocenters. The molecule has 0 aliphatic carbocycles. The maximum Gasteiger partial charge on any atom is 0.303 e. The van der Waals surface area contributed by atoms with Gasteiger partial charge in [0, 0.05) is 45.1 Å². The molecule has 3 aromatic rings. The van der Waals surface area contributed by atoms with Crippen molar-refractivity contribution in [1.82, 2.24) is 10.2 Å². The summed E-state index contributed by atoms with van der Waals surface area (Å²) in [7, 11) is 1.76. The summed E-state index contributed by atoms with van der Waals surface area (Å²) >= 11 is 0. The molecule has 240 valence electrons. The molecule has 5 rings (SSSR count). The second-order valence-electron chi connectivity index (χ2n) is 11.9. The Morgan fingerprint density at radius 1 is 1.00 bits per heavy atom. The lowest BCUT2D eigenvalue weighted by atomic mass is 9.98. The molecule has 3 aromatic carbocycles. The van der Waals surface area contributed by atoms with Crippen LogP contribution in [-0.4, -0.2) is 66.9 Å². The first-order valence-electron chi connectivity index (χ1n) is 15.7. The molecule has 9 nitrogen and oxygen atoms in total. The normalized spacial score (nSPS) is 22.6. The van der Waals surface area contributed by atoms with Gasteiger partial charge >= 0.3 is 5.97 Å². The lowest BCUT2D eigenvalue weighted by Crippen LogP contribution is -2.42. The first-order valence-corrected chi connectivity index (χ1v) is 15.7. The molecule has 0 bridgehead atoms. The van der Waals surface area contributed by atoms with E-state index in [9.17, 15) is 14.7 Å². The van der Waals surface area contributed by atoms with Crippen LogP contribution in [0.1, 0.15) is 67.8 Å². The van der Waals surface area contributed by atoms with Crippen molar-refractivity contribution in [1.29, 1.82) is 0 Å². The number of hydrogen-bond donors (Lipinski definition) is 2. The van der Waals surface area contributed by atoms with Crippen LogP contribution >= 0.6 is 0 Å². The molecule has 9 heteroatoms. The van der Waals surface area contributed by atoms with Crippen LogP contribution in [0.2, 0.25) is 0 Å². The highest BCUT2D eigenvalue weighted by Crippen LogP contribution is 2.39. The number of methoxy groups -OCH3 is 1. The highest BCUT2D eigenvalue weighted by atomic mass is 16.7. The van der Waals surface area contributed by atoms with E-state index < -0.39 is 18.4 Å². The SMILES string of the molecule is COC[C@@H]1CCCN1C[C@@H]1C[C@H](c2ccc(CO)cc2)O[C@H](c2ccc(-c3cccc(CNC(=O)[C@H](C)OC(C)=O)c3)cc2)O1. The number of aliphatic hydroxyl groups excluding tert-OH is 1. The van der Waals surface area contributed by atoms with Crippen molar-refractivity contribution in [2.24, 2.45) is 0 Å². The number of nitrogens with zero attached hydrogens (tertiary/aromatic N) is 1. The molecule has 2 saturated heterocycles. The second kappa shape index (κ2) is 15.6. The Kier molecular flexibility index (Phi) is 11.4. The van der Waals surface area contributed by atoms with Crippen LogP contribution in [0.3, 0.4) is 0 Å². The molecule has 1 amide bonds. The van der Waals surface area contributed by atoms with Crippen LogP contribution in [0, 0.1) is 0 Å². The van der Waals surface area contributed by atoms with Crippen LogP contribution in [0.4, 0.5) is 0 Å². The standard InChI is InChI=1S/C36H44N2O7/c1-24(43-25(2)40)35(41)37-20-27-6-4-7-31(18-27)28-13-15-30(16-14-28)36-44-33(21-38-17-5-8-32(38)23-42-3)19-34(45-36)29-11-9-26(22-39)10-12-29/h4,6-7,9-16,18,24,32-34,36,39H,5,8,17,19-23H2,1-3H3,(H,37,41)/t24-,32-,33-,34+,36+/m0/s1. The number of carbonyl (C=O) groups excluding carboxylic acids is 2. The van der Waals surface area contributed by atoms with E-state index in [2.05, 4.69) is 22.3 Å². The highest BCUT2D eigenvalue weighted by Gasteiger charge is 2.35. The minimum atomic E-state index is -0.844.